The molecule has 1 N–H and O–H groups in total. The molecule has 114 valence electrons. The van der Waals surface area contributed by atoms with Crippen LogP contribution in [0, 0.1) is 6.92 Å². The van der Waals surface area contributed by atoms with Crippen molar-refractivity contribution in [2.45, 2.75) is 46.3 Å². The van der Waals surface area contributed by atoms with E-state index in [2.05, 4.69) is 30.0 Å². The van der Waals surface area contributed by atoms with Crippen molar-refractivity contribution >= 4 is 0 Å². The molecule has 0 fully saturated rings. The van der Waals surface area contributed by atoms with Crippen LogP contribution in [-0.2, 0) is 13.2 Å². The van der Waals surface area contributed by atoms with E-state index < -0.39 is 0 Å². The largest absolute Gasteiger partial charge is 0.485 e. The molecule has 2 rings (SSSR count). The van der Waals surface area contributed by atoms with E-state index in [-0.39, 0.29) is 6.61 Å². The Labute approximate surface area is 125 Å². The summed E-state index contributed by atoms with van der Waals surface area (Å²) in [7, 11) is 0. The molecule has 0 saturated heterocycles. The van der Waals surface area contributed by atoms with Gasteiger partial charge < -0.3 is 9.84 Å². The van der Waals surface area contributed by atoms with E-state index in [9.17, 15) is 0 Å². The Morgan fingerprint density at radius 2 is 2.10 bits per heavy atom. The highest BCUT2D eigenvalue weighted by Crippen LogP contribution is 2.28. The van der Waals surface area contributed by atoms with E-state index in [1.54, 1.807) is 4.68 Å². The van der Waals surface area contributed by atoms with E-state index in [0.717, 1.165) is 18.0 Å². The summed E-state index contributed by atoms with van der Waals surface area (Å²) in [6.07, 6.45) is 1.07. The Morgan fingerprint density at radius 3 is 2.81 bits per heavy atom. The van der Waals surface area contributed by atoms with E-state index in [4.69, 9.17) is 9.84 Å². The van der Waals surface area contributed by atoms with E-state index >= 15 is 0 Å². The quantitative estimate of drug-likeness (QED) is 0.851. The third-order valence-electron chi connectivity index (χ3n) is 3.59. The van der Waals surface area contributed by atoms with E-state index in [0.29, 0.717) is 24.9 Å². The molecular formula is C16H23N3O2. The maximum absolute atomic E-state index is 9.06. The van der Waals surface area contributed by atoms with Crippen LogP contribution in [0.4, 0.5) is 0 Å². The molecule has 1 aromatic carbocycles. The molecule has 0 amide bonds. The zero-order chi connectivity index (χ0) is 15.2. The summed E-state index contributed by atoms with van der Waals surface area (Å²) in [6, 6.07) is 8.10. The van der Waals surface area contributed by atoms with Crippen molar-refractivity contribution in [2.75, 3.05) is 6.61 Å². The number of rotatable bonds is 7. The smallest absolute Gasteiger partial charge is 0.165 e. The molecule has 0 aliphatic rings. The lowest BCUT2D eigenvalue weighted by molar-refractivity contribution is 0.249. The topological polar surface area (TPSA) is 60.2 Å². The summed E-state index contributed by atoms with van der Waals surface area (Å²) < 4.78 is 7.64. The number of ether oxygens (including phenoxy) is 1. The highest BCUT2D eigenvalue weighted by molar-refractivity contribution is 5.35. The van der Waals surface area contributed by atoms with Gasteiger partial charge in [-0.1, -0.05) is 32.0 Å². The SMILES string of the molecule is CC[C@H](C)c1ccccc1OCc1nc(C)nn1CCO. The molecule has 2 aromatic rings. The normalized spacial score (nSPS) is 12.4. The molecule has 0 spiro atoms. The Morgan fingerprint density at radius 1 is 1.33 bits per heavy atom. The molecular weight excluding hydrogens is 266 g/mol. The number of aliphatic hydroxyl groups is 1. The van der Waals surface area contributed by atoms with Gasteiger partial charge in [-0.3, -0.25) is 0 Å². The molecule has 0 radical (unpaired) electrons. The van der Waals surface area contributed by atoms with Crippen LogP contribution in [-0.4, -0.2) is 26.5 Å². The fraction of sp³-hybridized carbons (Fsp3) is 0.500. The van der Waals surface area contributed by atoms with Crippen molar-refractivity contribution < 1.29 is 9.84 Å². The number of aryl methyl sites for hydroxylation is 1. The fourth-order valence-electron chi connectivity index (χ4n) is 2.26. The molecule has 0 unspecified atom stereocenters. The third-order valence-corrected chi connectivity index (χ3v) is 3.59. The van der Waals surface area contributed by atoms with Crippen molar-refractivity contribution in [3.05, 3.63) is 41.5 Å². The minimum Gasteiger partial charge on any atom is -0.485 e. The van der Waals surface area contributed by atoms with Gasteiger partial charge in [-0.15, -0.1) is 0 Å². The lowest BCUT2D eigenvalue weighted by Gasteiger charge is -2.15. The summed E-state index contributed by atoms with van der Waals surface area (Å²) in [5, 5.41) is 13.3. The maximum atomic E-state index is 9.06. The van der Waals surface area contributed by atoms with Gasteiger partial charge in [-0.05, 0) is 30.9 Å². The second-order valence-corrected chi connectivity index (χ2v) is 5.16. The number of nitrogens with zero attached hydrogens (tertiary/aromatic N) is 3. The van der Waals surface area contributed by atoms with Gasteiger partial charge in [-0.2, -0.15) is 5.10 Å². The molecule has 0 aliphatic heterocycles. The Kier molecular flexibility index (Phi) is 5.33. The molecule has 21 heavy (non-hydrogen) atoms. The Hall–Kier alpha value is -1.88. The second kappa shape index (κ2) is 7.22. The summed E-state index contributed by atoms with van der Waals surface area (Å²) >= 11 is 0. The highest BCUT2D eigenvalue weighted by atomic mass is 16.5. The molecule has 5 heteroatoms. The summed E-state index contributed by atoms with van der Waals surface area (Å²) in [5.74, 6) is 2.78. The number of para-hydroxylation sites is 1. The lowest BCUT2D eigenvalue weighted by atomic mass is 9.98. The number of hydrogen-bond acceptors (Lipinski definition) is 4. The monoisotopic (exact) mass is 289 g/mol. The molecule has 5 nitrogen and oxygen atoms in total. The predicted molar refractivity (Wildman–Crippen MR) is 81.3 cm³/mol. The standard InChI is InChI=1S/C16H23N3O2/c1-4-12(2)14-7-5-6-8-15(14)21-11-16-17-13(3)18-19(16)9-10-20/h5-8,12,20H,4,9-11H2,1-3H3/t12-/m0/s1. The van der Waals surface area contributed by atoms with Crippen LogP contribution in [0.5, 0.6) is 5.75 Å². The number of benzene rings is 1. The van der Waals surface area contributed by atoms with Gasteiger partial charge >= 0.3 is 0 Å². The molecule has 0 bridgehead atoms. The second-order valence-electron chi connectivity index (χ2n) is 5.16. The van der Waals surface area contributed by atoms with Crippen LogP contribution in [0.25, 0.3) is 0 Å². The van der Waals surface area contributed by atoms with Gasteiger partial charge in [0.05, 0.1) is 13.2 Å². The molecule has 1 aromatic heterocycles. The fourth-order valence-corrected chi connectivity index (χ4v) is 2.26. The van der Waals surface area contributed by atoms with Crippen LogP contribution < -0.4 is 4.74 Å². The third kappa shape index (κ3) is 3.82. The van der Waals surface area contributed by atoms with Crippen LogP contribution in [0.3, 0.4) is 0 Å². The van der Waals surface area contributed by atoms with E-state index in [1.165, 1.54) is 5.56 Å². The first kappa shape index (κ1) is 15.5. The zero-order valence-corrected chi connectivity index (χ0v) is 12.9. The highest BCUT2D eigenvalue weighted by Gasteiger charge is 2.12. The molecule has 0 saturated carbocycles. The van der Waals surface area contributed by atoms with Crippen molar-refractivity contribution in [2.24, 2.45) is 0 Å². The van der Waals surface area contributed by atoms with Gasteiger partial charge in [0.25, 0.3) is 0 Å². The Balaban J connectivity index is 2.13. The van der Waals surface area contributed by atoms with Crippen molar-refractivity contribution in [1.82, 2.24) is 14.8 Å². The molecule has 1 heterocycles. The predicted octanol–water partition coefficient (Wildman–Crippen LogP) is 2.67. The van der Waals surface area contributed by atoms with Crippen LogP contribution in [0.2, 0.25) is 0 Å². The van der Waals surface area contributed by atoms with Gasteiger partial charge in [0, 0.05) is 0 Å². The average Bonchev–Trinajstić information content (AvgIpc) is 2.85. The minimum atomic E-state index is 0.0409. The average molecular weight is 289 g/mol. The van der Waals surface area contributed by atoms with Crippen LogP contribution in [0.1, 0.15) is 43.4 Å². The summed E-state index contributed by atoms with van der Waals surface area (Å²) in [4.78, 5) is 4.35. The maximum Gasteiger partial charge on any atom is 0.165 e. The van der Waals surface area contributed by atoms with Gasteiger partial charge in [-0.25, -0.2) is 9.67 Å². The van der Waals surface area contributed by atoms with Crippen molar-refractivity contribution in [1.29, 1.82) is 0 Å². The first-order chi connectivity index (χ1) is 10.2. The number of aromatic nitrogens is 3. The van der Waals surface area contributed by atoms with Crippen molar-refractivity contribution in [3.63, 3.8) is 0 Å². The van der Waals surface area contributed by atoms with Crippen LogP contribution in [0.15, 0.2) is 24.3 Å². The summed E-state index contributed by atoms with van der Waals surface area (Å²) in [5.41, 5.74) is 1.21. The molecule has 1 atom stereocenters. The van der Waals surface area contributed by atoms with Crippen LogP contribution >= 0.6 is 0 Å². The van der Waals surface area contributed by atoms with Gasteiger partial charge in [0.1, 0.15) is 18.2 Å². The number of aliphatic hydroxyl groups excluding tert-OH is 1. The van der Waals surface area contributed by atoms with Crippen molar-refractivity contribution in [3.8, 4) is 5.75 Å². The first-order valence-corrected chi connectivity index (χ1v) is 7.38. The number of hydrogen-bond donors (Lipinski definition) is 1. The molecule has 0 aliphatic carbocycles. The summed E-state index contributed by atoms with van der Waals surface area (Å²) in [6.45, 7) is 7.04. The van der Waals surface area contributed by atoms with E-state index in [1.807, 2.05) is 25.1 Å². The van der Waals surface area contributed by atoms with Gasteiger partial charge in [0.15, 0.2) is 5.82 Å². The lowest BCUT2D eigenvalue weighted by Crippen LogP contribution is -2.11. The Bertz CT molecular complexity index is 581. The first-order valence-electron chi connectivity index (χ1n) is 7.38. The van der Waals surface area contributed by atoms with Gasteiger partial charge in [0.2, 0.25) is 0 Å². The zero-order valence-electron chi connectivity index (χ0n) is 12.9. The minimum absolute atomic E-state index is 0.0409.